The summed E-state index contributed by atoms with van der Waals surface area (Å²) in [6.45, 7) is 1.18. The van der Waals surface area contributed by atoms with Gasteiger partial charge in [0, 0.05) is 44.7 Å². The number of nitrogens with one attached hydrogen (secondary N) is 1. The normalized spacial score (nSPS) is 13.4. The lowest BCUT2D eigenvalue weighted by atomic mass is 10.1. The number of urea groups is 1. The van der Waals surface area contributed by atoms with Crippen molar-refractivity contribution in [2.45, 2.75) is 38.5 Å². The Bertz CT molecular complexity index is 1110. The summed E-state index contributed by atoms with van der Waals surface area (Å²) in [6, 6.07) is 3.98. The minimum absolute atomic E-state index is 0.0805. The summed E-state index contributed by atoms with van der Waals surface area (Å²) in [5, 5.41) is 29.0. The molecular formula is C24H31FN6O6. The fraction of sp³-hybridized carbons (Fsp3) is 0.500. The number of benzene rings is 1. The van der Waals surface area contributed by atoms with Crippen LogP contribution in [0.15, 0.2) is 24.4 Å². The lowest BCUT2D eigenvalue weighted by Gasteiger charge is -2.34. The summed E-state index contributed by atoms with van der Waals surface area (Å²) in [6.07, 6.45) is 4.34. The van der Waals surface area contributed by atoms with Gasteiger partial charge in [0.25, 0.3) is 5.91 Å². The molecule has 0 spiro atoms. The van der Waals surface area contributed by atoms with Crippen molar-refractivity contribution in [3.63, 3.8) is 0 Å². The summed E-state index contributed by atoms with van der Waals surface area (Å²) in [5.74, 6) is -2.39. The number of nitrogens with zero attached hydrogens (tertiary/aromatic N) is 5. The van der Waals surface area contributed by atoms with Crippen molar-refractivity contribution in [3.05, 3.63) is 41.2 Å². The van der Waals surface area contributed by atoms with E-state index >= 15 is 0 Å². The molecule has 0 unspecified atom stereocenters. The predicted molar refractivity (Wildman–Crippen MR) is 130 cm³/mol. The maximum atomic E-state index is 13.2. The topological polar surface area (TPSA) is 158 Å². The molecule has 1 aromatic carbocycles. The van der Waals surface area contributed by atoms with Crippen molar-refractivity contribution < 1.29 is 33.8 Å². The van der Waals surface area contributed by atoms with Gasteiger partial charge in [-0.2, -0.15) is 0 Å². The van der Waals surface area contributed by atoms with Crippen LogP contribution >= 0.6 is 0 Å². The lowest BCUT2D eigenvalue weighted by Crippen LogP contribution is -2.53. The summed E-state index contributed by atoms with van der Waals surface area (Å²) < 4.78 is 13.8. The Hall–Kier alpha value is -4.03. The molecule has 37 heavy (non-hydrogen) atoms. The molecule has 3 N–H and O–H groups in total. The quantitative estimate of drug-likeness (QED) is 0.360. The van der Waals surface area contributed by atoms with E-state index in [1.807, 2.05) is 0 Å². The van der Waals surface area contributed by atoms with Crippen molar-refractivity contribution in [1.82, 2.24) is 30.1 Å². The monoisotopic (exact) mass is 518 g/mol. The molecule has 13 heteroatoms. The van der Waals surface area contributed by atoms with Crippen LogP contribution in [0.4, 0.5) is 9.18 Å². The molecule has 200 valence electrons. The van der Waals surface area contributed by atoms with E-state index in [9.17, 15) is 28.7 Å². The number of aryl methyl sites for hydroxylation is 1. The van der Waals surface area contributed by atoms with Crippen LogP contribution < -0.4 is 5.32 Å². The van der Waals surface area contributed by atoms with Crippen molar-refractivity contribution in [1.29, 1.82) is 0 Å². The molecule has 1 saturated heterocycles. The first-order valence-corrected chi connectivity index (χ1v) is 12.2. The van der Waals surface area contributed by atoms with Gasteiger partial charge in [0.1, 0.15) is 0 Å². The summed E-state index contributed by atoms with van der Waals surface area (Å²) in [4.78, 5) is 51.0. The maximum absolute atomic E-state index is 13.2. The Morgan fingerprint density at radius 2 is 1.62 bits per heavy atom. The number of aromatic carboxylic acids is 1. The number of rotatable bonds is 12. The van der Waals surface area contributed by atoms with E-state index in [1.54, 1.807) is 16.0 Å². The molecule has 1 aliphatic rings. The number of amides is 3. The number of hydrogen-bond donors (Lipinski definition) is 3. The first-order valence-electron chi connectivity index (χ1n) is 12.2. The fourth-order valence-electron chi connectivity index (χ4n) is 3.96. The number of carbonyl (C=O) groups excluding carboxylic acids is 2. The third-order valence-electron chi connectivity index (χ3n) is 5.98. The van der Waals surface area contributed by atoms with E-state index in [2.05, 4.69) is 15.6 Å². The third-order valence-corrected chi connectivity index (χ3v) is 5.98. The zero-order chi connectivity index (χ0) is 26.8. The Morgan fingerprint density at radius 3 is 2.30 bits per heavy atom. The smallest absolute Gasteiger partial charge is 0.335 e. The molecule has 0 aliphatic carbocycles. The van der Waals surface area contributed by atoms with E-state index in [-0.39, 0.29) is 42.6 Å². The highest BCUT2D eigenvalue weighted by molar-refractivity contribution is 5.98. The molecule has 1 aromatic heterocycles. The zero-order valence-corrected chi connectivity index (χ0v) is 20.4. The molecule has 0 atom stereocenters. The first kappa shape index (κ1) is 27.6. The molecule has 0 bridgehead atoms. The van der Waals surface area contributed by atoms with Gasteiger partial charge < -0.3 is 25.3 Å². The van der Waals surface area contributed by atoms with Gasteiger partial charge in [-0.1, -0.05) is 11.6 Å². The lowest BCUT2D eigenvalue weighted by molar-refractivity contribution is -0.137. The molecule has 1 aliphatic heterocycles. The van der Waals surface area contributed by atoms with Crippen LogP contribution in [0.3, 0.4) is 0 Å². The van der Waals surface area contributed by atoms with Crippen LogP contribution in [0.1, 0.15) is 58.5 Å². The largest absolute Gasteiger partial charge is 0.481 e. The van der Waals surface area contributed by atoms with E-state index in [4.69, 9.17) is 5.11 Å². The van der Waals surface area contributed by atoms with E-state index in [0.29, 0.717) is 63.1 Å². The molecule has 0 radical (unpaired) electrons. The van der Waals surface area contributed by atoms with Crippen LogP contribution in [0.5, 0.6) is 0 Å². The van der Waals surface area contributed by atoms with Gasteiger partial charge in [-0.15, -0.1) is 5.10 Å². The van der Waals surface area contributed by atoms with Crippen molar-refractivity contribution in [3.8, 4) is 5.69 Å². The number of piperazine rings is 1. The van der Waals surface area contributed by atoms with Crippen LogP contribution in [-0.2, 0) is 11.2 Å². The molecule has 0 saturated carbocycles. The molecular weight excluding hydrogens is 487 g/mol. The van der Waals surface area contributed by atoms with Gasteiger partial charge in [0.05, 0.1) is 29.8 Å². The number of carbonyl (C=O) groups is 4. The number of unbranched alkanes of at least 4 members (excludes halogenated alkanes) is 2. The van der Waals surface area contributed by atoms with E-state index in [0.717, 1.165) is 0 Å². The van der Waals surface area contributed by atoms with Gasteiger partial charge in [-0.05, 0) is 43.9 Å². The Kier molecular flexibility index (Phi) is 9.92. The highest BCUT2D eigenvalue weighted by atomic mass is 19.1. The van der Waals surface area contributed by atoms with Crippen molar-refractivity contribution >= 4 is 23.9 Å². The number of carboxylic acid groups (broad SMARTS) is 2. The first-order chi connectivity index (χ1) is 17.8. The van der Waals surface area contributed by atoms with Crippen LogP contribution in [0.25, 0.3) is 5.69 Å². The predicted octanol–water partition coefficient (Wildman–Crippen LogP) is 1.98. The third kappa shape index (κ3) is 7.98. The number of halogens is 1. The Balaban J connectivity index is 1.58. The van der Waals surface area contributed by atoms with E-state index < -0.39 is 18.6 Å². The number of aromatic nitrogens is 3. The summed E-state index contributed by atoms with van der Waals surface area (Å²) in [7, 11) is 0. The highest BCUT2D eigenvalue weighted by Gasteiger charge is 2.26. The Morgan fingerprint density at radius 1 is 0.919 bits per heavy atom. The number of alkyl halides is 1. The van der Waals surface area contributed by atoms with Crippen LogP contribution in [-0.4, -0.2) is 98.3 Å². The van der Waals surface area contributed by atoms with Gasteiger partial charge in [0.15, 0.2) is 0 Å². The van der Waals surface area contributed by atoms with Gasteiger partial charge in [-0.25, -0.2) is 14.3 Å². The number of hydrogen-bond acceptors (Lipinski definition) is 6. The molecule has 12 nitrogen and oxygen atoms in total. The average molecular weight is 519 g/mol. The second-order valence-corrected chi connectivity index (χ2v) is 8.74. The molecule has 3 rings (SSSR count). The molecule has 2 heterocycles. The van der Waals surface area contributed by atoms with Gasteiger partial charge in [-0.3, -0.25) is 14.0 Å². The summed E-state index contributed by atoms with van der Waals surface area (Å²) >= 11 is 0. The van der Waals surface area contributed by atoms with Crippen LogP contribution in [0.2, 0.25) is 0 Å². The van der Waals surface area contributed by atoms with E-state index in [1.165, 1.54) is 22.9 Å². The number of aliphatic carboxylic acids is 1. The standard InChI is InChI=1S/C24H31FN6O6/c25-7-4-5-19-16-31(28-27-19)20-14-17(13-18(15-20)23(35)36)22(34)29-9-11-30(12-10-29)24(37)26-8-3-1-2-6-21(32)33/h13-16H,1-12H2,(H,26,37)(H,32,33)(H,35,36). The van der Waals surface area contributed by atoms with Crippen LogP contribution in [0, 0.1) is 0 Å². The molecule has 3 amide bonds. The second-order valence-electron chi connectivity index (χ2n) is 8.74. The fourth-order valence-corrected chi connectivity index (χ4v) is 3.96. The molecule has 1 fully saturated rings. The SMILES string of the molecule is O=C(O)CCCCCNC(=O)N1CCN(C(=O)c2cc(C(=O)O)cc(-n3cc(CCCF)nn3)c2)CC1. The zero-order valence-electron chi connectivity index (χ0n) is 20.4. The minimum Gasteiger partial charge on any atom is -0.481 e. The number of carboxylic acids is 2. The Labute approximate surface area is 213 Å². The van der Waals surface area contributed by atoms with Gasteiger partial charge in [0.2, 0.25) is 0 Å². The van der Waals surface area contributed by atoms with Crippen molar-refractivity contribution in [2.75, 3.05) is 39.4 Å². The minimum atomic E-state index is -1.20. The summed E-state index contributed by atoms with van der Waals surface area (Å²) in [5.41, 5.74) is 1.00. The average Bonchev–Trinajstić information content (AvgIpc) is 3.37. The highest BCUT2D eigenvalue weighted by Crippen LogP contribution is 2.18. The maximum Gasteiger partial charge on any atom is 0.335 e. The van der Waals surface area contributed by atoms with Crippen molar-refractivity contribution in [2.24, 2.45) is 0 Å². The van der Waals surface area contributed by atoms with Gasteiger partial charge >= 0.3 is 18.0 Å². The second kappa shape index (κ2) is 13.3. The molecule has 2 aromatic rings.